The van der Waals surface area contributed by atoms with Crippen LogP contribution in [0.5, 0.6) is 5.75 Å². The lowest BCUT2D eigenvalue weighted by Crippen LogP contribution is -2.37. The molecule has 3 heterocycles. The molecule has 1 amide bonds. The summed E-state index contributed by atoms with van der Waals surface area (Å²) in [6.45, 7) is 0.153. The Morgan fingerprint density at radius 3 is 2.78 bits per heavy atom. The number of amides is 1. The van der Waals surface area contributed by atoms with Crippen LogP contribution in [0, 0.1) is 0 Å². The molecule has 136 valence electrons. The lowest BCUT2D eigenvalue weighted by atomic mass is 10.1. The van der Waals surface area contributed by atoms with E-state index in [-0.39, 0.29) is 23.5 Å². The molecule has 0 saturated heterocycles. The fourth-order valence-corrected chi connectivity index (χ4v) is 2.99. The van der Waals surface area contributed by atoms with Gasteiger partial charge >= 0.3 is 5.69 Å². The first-order chi connectivity index (χ1) is 13.0. The molecule has 0 atom stereocenters. The highest BCUT2D eigenvalue weighted by molar-refractivity contribution is 6.07. The lowest BCUT2D eigenvalue weighted by Gasteiger charge is -2.17. The second-order valence-corrected chi connectivity index (χ2v) is 6.25. The highest BCUT2D eigenvalue weighted by Gasteiger charge is 2.18. The molecule has 0 fully saturated rings. The molecule has 0 spiro atoms. The van der Waals surface area contributed by atoms with Gasteiger partial charge in [-0.15, -0.1) is 0 Å². The minimum atomic E-state index is -0.467. The minimum Gasteiger partial charge on any atom is -0.488 e. The summed E-state index contributed by atoms with van der Waals surface area (Å²) in [7, 11) is 2.94. The van der Waals surface area contributed by atoms with E-state index in [0.29, 0.717) is 11.3 Å². The fraction of sp³-hybridized carbons (Fsp3) is 0.158. The quantitative estimate of drug-likeness (QED) is 0.733. The number of para-hydroxylation sites is 1. The Kier molecular flexibility index (Phi) is 3.88. The molecule has 2 aromatic heterocycles. The van der Waals surface area contributed by atoms with Crippen molar-refractivity contribution in [3.05, 3.63) is 68.5 Å². The Morgan fingerprint density at radius 1 is 1.19 bits per heavy atom. The maximum atomic E-state index is 12.6. The van der Waals surface area contributed by atoms with Gasteiger partial charge in [0.1, 0.15) is 18.0 Å². The largest absolute Gasteiger partial charge is 0.488 e. The first kappa shape index (κ1) is 16.8. The van der Waals surface area contributed by atoms with Gasteiger partial charge in [0.15, 0.2) is 0 Å². The topological polar surface area (TPSA) is 95.2 Å². The second kappa shape index (κ2) is 6.24. The number of rotatable bonds is 2. The Labute approximate surface area is 153 Å². The molecule has 3 aromatic rings. The van der Waals surface area contributed by atoms with Crippen LogP contribution in [-0.2, 0) is 18.9 Å². The molecule has 0 radical (unpaired) electrons. The van der Waals surface area contributed by atoms with Gasteiger partial charge in [0, 0.05) is 19.7 Å². The predicted molar refractivity (Wildman–Crippen MR) is 101 cm³/mol. The maximum absolute atomic E-state index is 12.6. The van der Waals surface area contributed by atoms with Crippen LogP contribution in [0.1, 0.15) is 5.56 Å². The Morgan fingerprint density at radius 2 is 1.96 bits per heavy atom. The molecule has 27 heavy (non-hydrogen) atoms. The first-order valence-electron chi connectivity index (χ1n) is 8.25. The zero-order chi connectivity index (χ0) is 19.1. The van der Waals surface area contributed by atoms with Gasteiger partial charge in [0.2, 0.25) is 0 Å². The van der Waals surface area contributed by atoms with Crippen LogP contribution in [0.25, 0.3) is 17.1 Å². The van der Waals surface area contributed by atoms with Gasteiger partial charge in [-0.25, -0.2) is 9.78 Å². The van der Waals surface area contributed by atoms with Crippen LogP contribution in [0.4, 0.5) is 5.69 Å². The van der Waals surface area contributed by atoms with E-state index < -0.39 is 11.2 Å². The van der Waals surface area contributed by atoms with Crippen molar-refractivity contribution in [1.82, 2.24) is 14.1 Å². The normalized spacial score (nSPS) is 12.9. The van der Waals surface area contributed by atoms with Gasteiger partial charge in [0.25, 0.3) is 11.5 Å². The van der Waals surface area contributed by atoms with E-state index in [9.17, 15) is 14.4 Å². The third kappa shape index (κ3) is 2.80. The molecular weight excluding hydrogens is 348 g/mol. The van der Waals surface area contributed by atoms with Gasteiger partial charge in [-0.05, 0) is 18.2 Å². The standard InChI is InChI=1S/C19H16N4O4/c1-22-16-14(18(25)23(2)19(22)26)8-13(9-20-16)21-17(24)12-7-11-5-3-4-6-15(11)27-10-12/h3-9H,10H2,1-2H3,(H,21,24). The van der Waals surface area contributed by atoms with E-state index in [1.165, 1.54) is 30.9 Å². The van der Waals surface area contributed by atoms with Crippen molar-refractivity contribution in [2.45, 2.75) is 0 Å². The summed E-state index contributed by atoms with van der Waals surface area (Å²) < 4.78 is 7.89. The monoisotopic (exact) mass is 364 g/mol. The zero-order valence-electron chi connectivity index (χ0n) is 14.7. The van der Waals surface area contributed by atoms with Crippen molar-refractivity contribution in [3.63, 3.8) is 0 Å². The number of aryl methyl sites for hydroxylation is 1. The van der Waals surface area contributed by atoms with Crippen molar-refractivity contribution >= 4 is 28.7 Å². The molecule has 1 aromatic carbocycles. The summed E-state index contributed by atoms with van der Waals surface area (Å²) >= 11 is 0. The summed E-state index contributed by atoms with van der Waals surface area (Å²) in [5, 5.41) is 2.98. The van der Waals surface area contributed by atoms with Crippen molar-refractivity contribution in [2.75, 3.05) is 11.9 Å². The number of nitrogens with zero attached hydrogens (tertiary/aromatic N) is 3. The van der Waals surface area contributed by atoms with E-state index in [1.807, 2.05) is 24.3 Å². The summed E-state index contributed by atoms with van der Waals surface area (Å²) in [6, 6.07) is 8.96. The molecule has 1 aliphatic heterocycles. The molecule has 0 unspecified atom stereocenters. The number of pyridine rings is 1. The summed E-state index contributed by atoms with van der Waals surface area (Å²) in [4.78, 5) is 41.0. The SMILES string of the molecule is Cn1c(=O)c2cc(NC(=O)C3=Cc4ccccc4OC3)cnc2n(C)c1=O. The van der Waals surface area contributed by atoms with Crippen molar-refractivity contribution < 1.29 is 9.53 Å². The molecular formula is C19H16N4O4. The van der Waals surface area contributed by atoms with Crippen molar-refractivity contribution in [1.29, 1.82) is 0 Å². The van der Waals surface area contributed by atoms with E-state index in [0.717, 1.165) is 15.9 Å². The lowest BCUT2D eigenvalue weighted by molar-refractivity contribution is -0.113. The third-order valence-electron chi connectivity index (χ3n) is 4.47. The predicted octanol–water partition coefficient (Wildman–Crippen LogP) is 1.05. The number of benzene rings is 1. The fourth-order valence-electron chi connectivity index (χ4n) is 2.99. The Balaban J connectivity index is 1.68. The van der Waals surface area contributed by atoms with Gasteiger partial charge in [-0.2, -0.15) is 0 Å². The first-order valence-corrected chi connectivity index (χ1v) is 8.25. The molecule has 8 heteroatoms. The molecule has 8 nitrogen and oxygen atoms in total. The van der Waals surface area contributed by atoms with Crippen molar-refractivity contribution in [2.24, 2.45) is 14.1 Å². The average molecular weight is 364 g/mol. The molecule has 1 N–H and O–H groups in total. The summed E-state index contributed by atoms with van der Waals surface area (Å²) in [6.07, 6.45) is 3.18. The van der Waals surface area contributed by atoms with Gasteiger partial charge in [-0.1, -0.05) is 18.2 Å². The van der Waals surface area contributed by atoms with E-state index in [2.05, 4.69) is 10.3 Å². The summed E-state index contributed by atoms with van der Waals surface area (Å²) in [5.74, 6) is 0.387. The number of ether oxygens (including phenoxy) is 1. The molecule has 1 aliphatic rings. The van der Waals surface area contributed by atoms with E-state index in [4.69, 9.17) is 4.74 Å². The minimum absolute atomic E-state index is 0.153. The van der Waals surface area contributed by atoms with Crippen LogP contribution in [-0.4, -0.2) is 26.6 Å². The smallest absolute Gasteiger partial charge is 0.332 e. The number of aromatic nitrogens is 3. The number of hydrogen-bond donors (Lipinski definition) is 1. The Bertz CT molecular complexity index is 1240. The molecule has 0 bridgehead atoms. The van der Waals surface area contributed by atoms with Crippen LogP contribution >= 0.6 is 0 Å². The number of carbonyl (C=O) groups is 1. The van der Waals surface area contributed by atoms with Crippen LogP contribution in [0.15, 0.2) is 51.7 Å². The highest BCUT2D eigenvalue weighted by atomic mass is 16.5. The number of fused-ring (bicyclic) bond motifs is 2. The van der Waals surface area contributed by atoms with Crippen molar-refractivity contribution in [3.8, 4) is 5.75 Å². The third-order valence-corrected chi connectivity index (χ3v) is 4.47. The Hall–Kier alpha value is -3.68. The van der Waals surface area contributed by atoms with Gasteiger partial charge in [0.05, 0.1) is 22.8 Å². The molecule has 4 rings (SSSR count). The number of anilines is 1. The van der Waals surface area contributed by atoms with Gasteiger partial charge in [-0.3, -0.25) is 18.7 Å². The number of hydrogen-bond acceptors (Lipinski definition) is 5. The van der Waals surface area contributed by atoms with Crippen LogP contribution < -0.4 is 21.3 Å². The van der Waals surface area contributed by atoms with Crippen LogP contribution in [0.3, 0.4) is 0 Å². The highest BCUT2D eigenvalue weighted by Crippen LogP contribution is 2.26. The zero-order valence-corrected chi connectivity index (χ0v) is 14.7. The summed E-state index contributed by atoms with van der Waals surface area (Å²) in [5.41, 5.74) is 0.987. The van der Waals surface area contributed by atoms with E-state index in [1.54, 1.807) is 6.08 Å². The number of carbonyl (C=O) groups excluding carboxylic acids is 1. The number of nitrogens with one attached hydrogen (secondary N) is 1. The molecule has 0 aliphatic carbocycles. The van der Waals surface area contributed by atoms with Crippen LogP contribution in [0.2, 0.25) is 0 Å². The maximum Gasteiger partial charge on any atom is 0.332 e. The average Bonchev–Trinajstić information content (AvgIpc) is 2.70. The molecule has 0 saturated carbocycles. The second-order valence-electron chi connectivity index (χ2n) is 6.25. The van der Waals surface area contributed by atoms with E-state index >= 15 is 0 Å². The van der Waals surface area contributed by atoms with Gasteiger partial charge < -0.3 is 10.1 Å².